The van der Waals surface area contributed by atoms with Crippen molar-refractivity contribution in [3.8, 4) is 5.69 Å². The van der Waals surface area contributed by atoms with Crippen LogP contribution >= 0.6 is 23.8 Å². The van der Waals surface area contributed by atoms with Gasteiger partial charge in [-0.25, -0.2) is 0 Å². The van der Waals surface area contributed by atoms with Crippen LogP contribution in [0.4, 0.5) is 0 Å². The number of nitrogens with zero attached hydrogens (tertiary/aromatic N) is 4. The summed E-state index contributed by atoms with van der Waals surface area (Å²) in [6, 6.07) is 22.1. The second kappa shape index (κ2) is 8.96. The Balaban J connectivity index is 1.61. The van der Waals surface area contributed by atoms with E-state index in [1.54, 1.807) is 0 Å². The number of benzene rings is 1. The van der Waals surface area contributed by atoms with Crippen LogP contribution in [0.1, 0.15) is 40.4 Å². The van der Waals surface area contributed by atoms with E-state index in [4.69, 9.17) is 23.8 Å². The number of aromatic nitrogens is 3. The molecule has 4 heterocycles. The lowest BCUT2D eigenvalue weighted by Crippen LogP contribution is -2.29. The maximum absolute atomic E-state index is 6.14. The molecule has 4 aromatic rings. The standard InChI is InChI=1S/C26H24ClN5S/c1-17-15-22(18(2)32(17)21-11-9-19(27)10-12-21)25-24(23-8-4-6-14-29-23)30-26(33)31(25)16-20-7-3-5-13-28-20/h3-15,24-25H,16H2,1-2H3,(H,30,33). The van der Waals surface area contributed by atoms with Gasteiger partial charge in [0.1, 0.15) is 0 Å². The molecule has 1 aliphatic rings. The van der Waals surface area contributed by atoms with Crippen LogP contribution in [0.2, 0.25) is 5.02 Å². The topological polar surface area (TPSA) is 46.0 Å². The van der Waals surface area contributed by atoms with Gasteiger partial charge in [-0.2, -0.15) is 0 Å². The van der Waals surface area contributed by atoms with Crippen LogP contribution in [0, 0.1) is 13.8 Å². The molecule has 33 heavy (non-hydrogen) atoms. The predicted molar refractivity (Wildman–Crippen MR) is 135 cm³/mol. The maximum atomic E-state index is 6.14. The summed E-state index contributed by atoms with van der Waals surface area (Å²) in [5.74, 6) is 0. The van der Waals surface area contributed by atoms with Crippen LogP contribution in [-0.4, -0.2) is 24.5 Å². The molecule has 3 aromatic heterocycles. The van der Waals surface area contributed by atoms with E-state index in [2.05, 4.69) is 50.7 Å². The van der Waals surface area contributed by atoms with Crippen LogP contribution in [-0.2, 0) is 6.54 Å². The molecule has 1 N–H and O–H groups in total. The minimum Gasteiger partial charge on any atom is -0.352 e. The van der Waals surface area contributed by atoms with E-state index >= 15 is 0 Å². The normalized spacial score (nSPS) is 17.9. The third-order valence-electron chi connectivity index (χ3n) is 6.13. The zero-order valence-electron chi connectivity index (χ0n) is 18.4. The minimum absolute atomic E-state index is 0.0262. The van der Waals surface area contributed by atoms with Crippen molar-refractivity contribution in [3.63, 3.8) is 0 Å². The summed E-state index contributed by atoms with van der Waals surface area (Å²) in [6.45, 7) is 4.91. The monoisotopic (exact) mass is 473 g/mol. The van der Waals surface area contributed by atoms with Crippen LogP contribution in [0.3, 0.4) is 0 Å². The molecule has 1 aromatic carbocycles. The number of thiocarbonyl (C=S) groups is 1. The lowest BCUT2D eigenvalue weighted by molar-refractivity contribution is 0.307. The molecule has 1 saturated heterocycles. The van der Waals surface area contributed by atoms with Crippen LogP contribution in [0.25, 0.3) is 5.69 Å². The van der Waals surface area contributed by atoms with Crippen molar-refractivity contribution < 1.29 is 0 Å². The van der Waals surface area contributed by atoms with Crippen LogP contribution in [0.15, 0.2) is 79.1 Å². The predicted octanol–water partition coefficient (Wildman–Crippen LogP) is 5.71. The Kier molecular flexibility index (Phi) is 5.87. The average molecular weight is 474 g/mol. The summed E-state index contributed by atoms with van der Waals surface area (Å²) in [5.41, 5.74) is 6.55. The van der Waals surface area contributed by atoms with Gasteiger partial charge in [0.15, 0.2) is 5.11 Å². The second-order valence-corrected chi connectivity index (χ2v) is 9.04. The zero-order valence-corrected chi connectivity index (χ0v) is 20.0. The van der Waals surface area contributed by atoms with E-state index in [-0.39, 0.29) is 12.1 Å². The Morgan fingerprint density at radius 1 is 0.970 bits per heavy atom. The number of hydrogen-bond acceptors (Lipinski definition) is 3. The first kappa shape index (κ1) is 21.6. The lowest BCUT2D eigenvalue weighted by atomic mass is 9.96. The van der Waals surface area contributed by atoms with Gasteiger partial charge in [-0.05, 0) is 86.2 Å². The lowest BCUT2D eigenvalue weighted by Gasteiger charge is -2.28. The van der Waals surface area contributed by atoms with Gasteiger partial charge < -0.3 is 14.8 Å². The Bertz CT molecular complexity index is 1270. The molecule has 0 spiro atoms. The van der Waals surface area contributed by atoms with E-state index in [9.17, 15) is 0 Å². The van der Waals surface area contributed by atoms with E-state index in [1.165, 1.54) is 11.3 Å². The first-order valence-corrected chi connectivity index (χ1v) is 11.6. The molecule has 166 valence electrons. The third kappa shape index (κ3) is 4.12. The van der Waals surface area contributed by atoms with Crippen molar-refractivity contribution in [1.82, 2.24) is 24.8 Å². The van der Waals surface area contributed by atoms with Crippen molar-refractivity contribution in [2.24, 2.45) is 0 Å². The first-order chi connectivity index (χ1) is 16.0. The highest BCUT2D eigenvalue weighted by molar-refractivity contribution is 7.80. The summed E-state index contributed by atoms with van der Waals surface area (Å²) in [6.07, 6.45) is 3.65. The Hall–Kier alpha value is -3.22. The Morgan fingerprint density at radius 2 is 1.70 bits per heavy atom. The largest absolute Gasteiger partial charge is 0.352 e. The molecule has 0 bridgehead atoms. The summed E-state index contributed by atoms with van der Waals surface area (Å²) in [4.78, 5) is 11.4. The molecule has 1 aliphatic heterocycles. The average Bonchev–Trinajstić information content (AvgIpc) is 3.31. The highest BCUT2D eigenvalue weighted by atomic mass is 35.5. The third-order valence-corrected chi connectivity index (χ3v) is 6.73. The summed E-state index contributed by atoms with van der Waals surface area (Å²) < 4.78 is 2.27. The highest BCUT2D eigenvalue weighted by Gasteiger charge is 2.41. The quantitative estimate of drug-likeness (QED) is 0.376. The van der Waals surface area contributed by atoms with Gasteiger partial charge in [-0.1, -0.05) is 23.7 Å². The Morgan fingerprint density at radius 3 is 2.36 bits per heavy atom. The van der Waals surface area contributed by atoms with Gasteiger partial charge in [-0.15, -0.1) is 0 Å². The molecule has 1 fully saturated rings. The van der Waals surface area contributed by atoms with E-state index < -0.39 is 0 Å². The van der Waals surface area contributed by atoms with Crippen LogP contribution < -0.4 is 5.32 Å². The second-order valence-electron chi connectivity index (χ2n) is 8.21. The number of nitrogens with one attached hydrogen (secondary N) is 1. The van der Waals surface area contributed by atoms with Gasteiger partial charge in [0, 0.05) is 34.5 Å². The molecule has 0 amide bonds. The Labute approximate surface area is 204 Å². The smallest absolute Gasteiger partial charge is 0.170 e. The summed E-state index contributed by atoms with van der Waals surface area (Å²) >= 11 is 12.0. The van der Waals surface area contributed by atoms with Gasteiger partial charge in [0.2, 0.25) is 0 Å². The number of pyridine rings is 2. The van der Waals surface area contributed by atoms with Crippen molar-refractivity contribution in [3.05, 3.63) is 112 Å². The first-order valence-electron chi connectivity index (χ1n) is 10.9. The van der Waals surface area contributed by atoms with Crippen molar-refractivity contribution in [2.45, 2.75) is 32.5 Å². The molecule has 5 rings (SSSR count). The number of aryl methyl sites for hydroxylation is 1. The molecule has 0 aliphatic carbocycles. The van der Waals surface area contributed by atoms with Gasteiger partial charge in [-0.3, -0.25) is 9.97 Å². The minimum atomic E-state index is -0.0680. The van der Waals surface area contributed by atoms with Crippen molar-refractivity contribution >= 4 is 28.9 Å². The fourth-order valence-electron chi connectivity index (χ4n) is 4.66. The molecule has 0 saturated carbocycles. The summed E-state index contributed by atoms with van der Waals surface area (Å²) in [5, 5.41) is 4.96. The SMILES string of the molecule is Cc1cc(C2C(c3ccccn3)NC(=S)N2Cc2ccccn2)c(C)n1-c1ccc(Cl)cc1. The van der Waals surface area contributed by atoms with Crippen LogP contribution in [0.5, 0.6) is 0 Å². The van der Waals surface area contributed by atoms with Gasteiger partial charge in [0.25, 0.3) is 0 Å². The molecule has 0 radical (unpaired) electrons. The maximum Gasteiger partial charge on any atom is 0.170 e. The molecule has 2 atom stereocenters. The fraction of sp³-hybridized carbons (Fsp3) is 0.192. The molecule has 2 unspecified atom stereocenters. The van der Waals surface area contributed by atoms with Crippen molar-refractivity contribution in [2.75, 3.05) is 0 Å². The summed E-state index contributed by atoms with van der Waals surface area (Å²) in [7, 11) is 0. The van der Waals surface area contributed by atoms with E-state index in [0.29, 0.717) is 11.7 Å². The molecule has 7 heteroatoms. The van der Waals surface area contributed by atoms with E-state index in [1.807, 2.05) is 67.0 Å². The van der Waals surface area contributed by atoms with E-state index in [0.717, 1.165) is 27.8 Å². The molecule has 5 nitrogen and oxygen atoms in total. The zero-order chi connectivity index (χ0) is 22.9. The van der Waals surface area contributed by atoms with Gasteiger partial charge in [0.05, 0.1) is 30.0 Å². The van der Waals surface area contributed by atoms with Crippen molar-refractivity contribution in [1.29, 1.82) is 0 Å². The fourth-order valence-corrected chi connectivity index (χ4v) is 5.09. The number of halogens is 1. The molecular weight excluding hydrogens is 450 g/mol. The number of hydrogen-bond donors (Lipinski definition) is 1. The highest BCUT2D eigenvalue weighted by Crippen LogP contribution is 2.42. The van der Waals surface area contributed by atoms with Gasteiger partial charge >= 0.3 is 0 Å². The molecular formula is C26H24ClN5S. The number of rotatable bonds is 5.